The van der Waals surface area contributed by atoms with E-state index in [2.05, 4.69) is 24.4 Å². The average Bonchev–Trinajstić information content (AvgIpc) is 3.22. The van der Waals surface area contributed by atoms with Crippen molar-refractivity contribution >= 4 is 12.1 Å². The topological polar surface area (TPSA) is 73.1 Å². The molecular weight excluding hydrogens is 344 g/mol. The van der Waals surface area contributed by atoms with Crippen LogP contribution in [0.3, 0.4) is 0 Å². The summed E-state index contributed by atoms with van der Waals surface area (Å²) >= 11 is 0. The molecule has 1 aliphatic rings. The largest absolute Gasteiger partial charge is 0.493 e. The van der Waals surface area contributed by atoms with Crippen LogP contribution in [0.1, 0.15) is 60.9 Å². The Hall–Kier alpha value is -2.76. The lowest BCUT2D eigenvalue weighted by Gasteiger charge is -2.11. The number of hydrogen-bond donors (Lipinski definition) is 1. The van der Waals surface area contributed by atoms with Gasteiger partial charge >= 0.3 is 0 Å². The summed E-state index contributed by atoms with van der Waals surface area (Å²) in [6, 6.07) is 8.91. The molecule has 0 unspecified atom stereocenters. The summed E-state index contributed by atoms with van der Waals surface area (Å²) in [6.45, 7) is 4.92. The minimum absolute atomic E-state index is 0.327. The number of ether oxygens (including phenoxy) is 2. The van der Waals surface area contributed by atoms with Gasteiger partial charge in [-0.1, -0.05) is 20.3 Å². The molecule has 0 spiro atoms. The van der Waals surface area contributed by atoms with E-state index in [9.17, 15) is 4.79 Å². The van der Waals surface area contributed by atoms with Gasteiger partial charge in [-0.15, -0.1) is 0 Å². The van der Waals surface area contributed by atoms with Crippen molar-refractivity contribution in [3.63, 3.8) is 0 Å². The van der Waals surface area contributed by atoms with E-state index >= 15 is 0 Å². The third-order valence-corrected chi connectivity index (χ3v) is 4.66. The van der Waals surface area contributed by atoms with Gasteiger partial charge in [-0.05, 0) is 49.1 Å². The molecule has 1 aliphatic carbocycles. The van der Waals surface area contributed by atoms with E-state index in [-0.39, 0.29) is 5.91 Å². The van der Waals surface area contributed by atoms with E-state index in [1.165, 1.54) is 12.6 Å². The van der Waals surface area contributed by atoms with Crippen LogP contribution in [0, 0.1) is 5.92 Å². The van der Waals surface area contributed by atoms with E-state index in [0.29, 0.717) is 41.3 Å². The third-order valence-electron chi connectivity index (χ3n) is 4.66. The zero-order valence-corrected chi connectivity index (χ0v) is 16.0. The van der Waals surface area contributed by atoms with Gasteiger partial charge in [0, 0.05) is 11.5 Å². The van der Waals surface area contributed by atoms with Crippen LogP contribution in [0.2, 0.25) is 0 Å². The van der Waals surface area contributed by atoms with Crippen LogP contribution in [0.25, 0.3) is 0 Å². The second-order valence-electron chi connectivity index (χ2n) is 6.83. The molecule has 144 valence electrons. The molecule has 2 aromatic rings. The maximum absolute atomic E-state index is 12.3. The molecule has 1 saturated carbocycles. The number of benzene rings is 1. The highest BCUT2D eigenvalue weighted by molar-refractivity contribution is 5.95. The van der Waals surface area contributed by atoms with Crippen LogP contribution < -0.4 is 14.9 Å². The normalized spacial score (nSPS) is 18.5. The SMILES string of the molecule is CCCCOc1ccc(C(=O)N/N=C\c2ccc([C@@H]3C[C@H]3C)o2)cc1OC. The Morgan fingerprint density at radius 3 is 2.85 bits per heavy atom. The second-order valence-corrected chi connectivity index (χ2v) is 6.83. The third kappa shape index (κ3) is 4.90. The first kappa shape index (κ1) is 19.0. The maximum Gasteiger partial charge on any atom is 0.271 e. The molecule has 3 rings (SSSR count). The van der Waals surface area contributed by atoms with E-state index in [0.717, 1.165) is 18.6 Å². The molecule has 1 aromatic heterocycles. The van der Waals surface area contributed by atoms with Gasteiger partial charge in [-0.3, -0.25) is 4.79 Å². The van der Waals surface area contributed by atoms with Crippen LogP contribution in [-0.2, 0) is 0 Å². The molecule has 0 saturated heterocycles. The number of nitrogens with one attached hydrogen (secondary N) is 1. The summed E-state index contributed by atoms with van der Waals surface area (Å²) in [5.74, 6) is 3.64. The van der Waals surface area contributed by atoms with Crippen molar-refractivity contribution in [3.8, 4) is 11.5 Å². The molecule has 1 aromatic carbocycles. The number of unbranched alkanes of at least 4 members (excludes halogenated alkanes) is 1. The van der Waals surface area contributed by atoms with Crippen molar-refractivity contribution in [3.05, 3.63) is 47.4 Å². The lowest BCUT2D eigenvalue weighted by atomic mass is 10.2. The molecule has 0 aliphatic heterocycles. The second kappa shape index (κ2) is 8.75. The number of hydrazone groups is 1. The van der Waals surface area contributed by atoms with Gasteiger partial charge < -0.3 is 13.9 Å². The minimum atomic E-state index is -0.327. The standard InChI is InChI=1S/C21H26N2O4/c1-4-5-10-26-19-8-6-15(12-20(19)25-3)21(24)23-22-13-16-7-9-18(27-16)17-11-14(17)2/h6-9,12-14,17H,4-5,10-11H2,1-3H3,(H,23,24)/b22-13-/t14-,17-/m1/s1. The Bertz CT molecular complexity index is 812. The zero-order chi connectivity index (χ0) is 19.2. The van der Waals surface area contributed by atoms with Gasteiger partial charge in [0.25, 0.3) is 5.91 Å². The predicted molar refractivity (Wildman–Crippen MR) is 104 cm³/mol. The van der Waals surface area contributed by atoms with Gasteiger partial charge in [0.15, 0.2) is 11.5 Å². The van der Waals surface area contributed by atoms with Crippen molar-refractivity contribution in [2.24, 2.45) is 11.0 Å². The number of rotatable bonds is 9. The van der Waals surface area contributed by atoms with Crippen molar-refractivity contribution in [1.82, 2.24) is 5.43 Å². The number of nitrogens with zero attached hydrogens (tertiary/aromatic N) is 1. The van der Waals surface area contributed by atoms with Crippen LogP contribution >= 0.6 is 0 Å². The van der Waals surface area contributed by atoms with Crippen LogP contribution in [-0.4, -0.2) is 25.8 Å². The molecule has 6 nitrogen and oxygen atoms in total. The van der Waals surface area contributed by atoms with E-state index in [1.54, 1.807) is 25.3 Å². The van der Waals surface area contributed by atoms with Crippen molar-refractivity contribution < 1.29 is 18.7 Å². The molecule has 1 N–H and O–H groups in total. The van der Waals surface area contributed by atoms with Gasteiger partial charge in [0.05, 0.1) is 19.9 Å². The summed E-state index contributed by atoms with van der Waals surface area (Å²) in [5, 5.41) is 3.98. The molecule has 0 bridgehead atoms. The fourth-order valence-electron chi connectivity index (χ4n) is 2.83. The molecule has 2 atom stereocenters. The van der Waals surface area contributed by atoms with Crippen molar-refractivity contribution in [2.75, 3.05) is 13.7 Å². The Kier molecular flexibility index (Phi) is 6.16. The van der Waals surface area contributed by atoms with Crippen LogP contribution in [0.15, 0.2) is 39.9 Å². The Labute approximate surface area is 159 Å². The lowest BCUT2D eigenvalue weighted by molar-refractivity contribution is 0.0954. The summed E-state index contributed by atoms with van der Waals surface area (Å²) in [5.41, 5.74) is 2.95. The van der Waals surface area contributed by atoms with Crippen molar-refractivity contribution in [2.45, 2.75) is 39.0 Å². The quantitative estimate of drug-likeness (QED) is 0.404. The van der Waals surface area contributed by atoms with E-state index in [4.69, 9.17) is 13.9 Å². The lowest BCUT2D eigenvalue weighted by Crippen LogP contribution is -2.17. The Morgan fingerprint density at radius 1 is 1.33 bits per heavy atom. The summed E-state index contributed by atoms with van der Waals surface area (Å²) in [4.78, 5) is 12.3. The monoisotopic (exact) mass is 370 g/mol. The highest BCUT2D eigenvalue weighted by Gasteiger charge is 2.36. The summed E-state index contributed by atoms with van der Waals surface area (Å²) in [7, 11) is 1.55. The number of carbonyl (C=O) groups excluding carboxylic acids is 1. The molecule has 1 fully saturated rings. The van der Waals surface area contributed by atoms with Gasteiger partial charge in [0.2, 0.25) is 0 Å². The van der Waals surface area contributed by atoms with E-state index in [1.807, 2.05) is 12.1 Å². The summed E-state index contributed by atoms with van der Waals surface area (Å²) in [6.07, 6.45) is 4.70. The minimum Gasteiger partial charge on any atom is -0.493 e. The van der Waals surface area contributed by atoms with Gasteiger partial charge in [0.1, 0.15) is 11.5 Å². The van der Waals surface area contributed by atoms with Gasteiger partial charge in [-0.2, -0.15) is 5.10 Å². The number of methoxy groups -OCH3 is 1. The van der Waals surface area contributed by atoms with Crippen LogP contribution in [0.4, 0.5) is 0 Å². The number of furan rings is 1. The van der Waals surface area contributed by atoms with E-state index < -0.39 is 0 Å². The molecule has 1 heterocycles. The summed E-state index contributed by atoms with van der Waals surface area (Å²) < 4.78 is 16.7. The molecule has 0 radical (unpaired) electrons. The highest BCUT2D eigenvalue weighted by atomic mass is 16.5. The molecule has 6 heteroatoms. The first-order valence-corrected chi connectivity index (χ1v) is 9.36. The van der Waals surface area contributed by atoms with Crippen molar-refractivity contribution in [1.29, 1.82) is 0 Å². The number of carbonyl (C=O) groups is 1. The highest BCUT2D eigenvalue weighted by Crippen LogP contribution is 2.47. The fraction of sp³-hybridized carbons (Fsp3) is 0.429. The first-order chi connectivity index (χ1) is 13.1. The number of hydrogen-bond acceptors (Lipinski definition) is 5. The smallest absolute Gasteiger partial charge is 0.271 e. The first-order valence-electron chi connectivity index (χ1n) is 9.36. The molecular formula is C21H26N2O4. The van der Waals surface area contributed by atoms with Gasteiger partial charge in [-0.25, -0.2) is 5.43 Å². The maximum atomic E-state index is 12.3. The number of amides is 1. The average molecular weight is 370 g/mol. The predicted octanol–water partition coefficient (Wildman–Crippen LogP) is 4.35. The molecule has 27 heavy (non-hydrogen) atoms. The molecule has 1 amide bonds. The fourth-order valence-corrected chi connectivity index (χ4v) is 2.83. The Morgan fingerprint density at radius 2 is 2.15 bits per heavy atom. The Balaban J connectivity index is 1.57. The zero-order valence-electron chi connectivity index (χ0n) is 16.0. The van der Waals surface area contributed by atoms with Crippen LogP contribution in [0.5, 0.6) is 11.5 Å².